The molecule has 0 saturated heterocycles. The van der Waals surface area contributed by atoms with E-state index in [-0.39, 0.29) is 38.9 Å². The minimum absolute atomic E-state index is 0.00619. The van der Waals surface area contributed by atoms with Crippen molar-refractivity contribution in [2.24, 2.45) is 0 Å². The van der Waals surface area contributed by atoms with Gasteiger partial charge in [-0.1, -0.05) is 53.8 Å². The molecule has 0 saturated carbocycles. The third-order valence-electron chi connectivity index (χ3n) is 6.71. The normalized spacial score (nSPS) is 17.9. The number of aromatic nitrogens is 1. The van der Waals surface area contributed by atoms with E-state index in [2.05, 4.69) is 11.6 Å². The van der Waals surface area contributed by atoms with E-state index in [9.17, 15) is 19.2 Å². The number of esters is 1. The number of rotatable bonds is 4. The molecule has 6 rings (SSSR count). The number of thiazole rings is 1. The zero-order valence-electron chi connectivity index (χ0n) is 20.1. The Kier molecular flexibility index (Phi) is 5.30. The van der Waals surface area contributed by atoms with Crippen molar-refractivity contribution in [2.75, 3.05) is 23.5 Å². The zero-order valence-corrected chi connectivity index (χ0v) is 21.7. The predicted octanol–water partition coefficient (Wildman–Crippen LogP) is 4.43. The molecule has 0 N–H and O–H groups in total. The van der Waals surface area contributed by atoms with Crippen molar-refractivity contribution < 1.29 is 23.5 Å². The number of hydrogen-bond acceptors (Lipinski definition) is 8. The van der Waals surface area contributed by atoms with Crippen molar-refractivity contribution in [3.05, 3.63) is 97.8 Å². The summed E-state index contributed by atoms with van der Waals surface area (Å²) >= 11 is 7.06. The maximum Gasteiger partial charge on any atom is 0.350 e. The van der Waals surface area contributed by atoms with E-state index >= 15 is 0 Å². The maximum atomic E-state index is 14.2. The van der Waals surface area contributed by atoms with Gasteiger partial charge in [-0.05, 0) is 31.2 Å². The largest absolute Gasteiger partial charge is 0.457 e. The van der Waals surface area contributed by atoms with Crippen molar-refractivity contribution in [3.8, 4) is 0 Å². The fourth-order valence-corrected chi connectivity index (χ4v) is 6.29. The highest BCUT2D eigenvalue weighted by Crippen LogP contribution is 2.54. The number of benzene rings is 2. The monoisotopic (exact) mass is 547 g/mol. The van der Waals surface area contributed by atoms with E-state index in [4.69, 9.17) is 20.8 Å². The van der Waals surface area contributed by atoms with Gasteiger partial charge >= 0.3 is 5.97 Å². The lowest BCUT2D eigenvalue weighted by Crippen LogP contribution is -2.53. The van der Waals surface area contributed by atoms with Crippen LogP contribution >= 0.6 is 22.9 Å². The molecule has 0 bridgehead atoms. The number of hydrogen-bond donors (Lipinski definition) is 0. The van der Waals surface area contributed by atoms with Gasteiger partial charge in [-0.15, -0.1) is 0 Å². The van der Waals surface area contributed by atoms with Gasteiger partial charge in [0.15, 0.2) is 16.1 Å². The molecule has 2 aromatic carbocycles. The lowest BCUT2D eigenvalue weighted by molar-refractivity contribution is -0.121. The summed E-state index contributed by atoms with van der Waals surface area (Å²) in [4.78, 5) is 62.2. The molecule has 9 nitrogen and oxygen atoms in total. The number of aryl methyl sites for hydroxylation is 1. The molecule has 1 spiro atoms. The molecular formula is C27H18ClN3O6S. The maximum absolute atomic E-state index is 14.2. The minimum atomic E-state index is -1.90. The van der Waals surface area contributed by atoms with Crippen LogP contribution in [0.2, 0.25) is 5.02 Å². The molecule has 4 heterocycles. The molecule has 0 aliphatic carbocycles. The summed E-state index contributed by atoms with van der Waals surface area (Å²) in [6.45, 7) is 5.13. The lowest BCUT2D eigenvalue weighted by Gasteiger charge is -2.31. The highest BCUT2D eigenvalue weighted by Gasteiger charge is 2.66. The minimum Gasteiger partial charge on any atom is -0.457 e. The van der Waals surface area contributed by atoms with Crippen LogP contribution in [0.4, 0.5) is 10.8 Å². The third-order valence-corrected chi connectivity index (χ3v) is 8.07. The molecule has 2 aromatic heterocycles. The molecule has 2 aliphatic heterocycles. The molecule has 38 heavy (non-hydrogen) atoms. The summed E-state index contributed by atoms with van der Waals surface area (Å²) in [5.74, 6) is -2.18. The summed E-state index contributed by atoms with van der Waals surface area (Å²) in [5, 5.41) is 0.479. The average molecular weight is 548 g/mol. The Hall–Kier alpha value is -4.28. The number of ether oxygens (including phenoxy) is 1. The summed E-state index contributed by atoms with van der Waals surface area (Å²) < 4.78 is 11.2. The van der Waals surface area contributed by atoms with Crippen LogP contribution in [0.5, 0.6) is 0 Å². The lowest BCUT2D eigenvalue weighted by atomic mass is 9.84. The Morgan fingerprint density at radius 1 is 1.24 bits per heavy atom. The van der Waals surface area contributed by atoms with Gasteiger partial charge in [-0.3, -0.25) is 19.3 Å². The molecule has 4 aromatic rings. The Balaban J connectivity index is 1.69. The van der Waals surface area contributed by atoms with Crippen molar-refractivity contribution in [3.63, 3.8) is 0 Å². The van der Waals surface area contributed by atoms with Gasteiger partial charge in [0.1, 0.15) is 17.1 Å². The Morgan fingerprint density at radius 2 is 2.00 bits per heavy atom. The SMILES string of the molecule is C=CCOC(=O)c1sc(N2C(=O)c3oc4ccc(Cl)cc4c(=O)c3C23C(=O)N(C)c2ccccc23)nc1C. The Labute approximate surface area is 224 Å². The van der Waals surface area contributed by atoms with Crippen LogP contribution in [-0.2, 0) is 15.1 Å². The predicted molar refractivity (Wildman–Crippen MR) is 142 cm³/mol. The number of fused-ring (bicyclic) bond motifs is 5. The number of likely N-dealkylation sites (N-methyl/N-ethyl adjacent to an activating group) is 1. The second-order valence-electron chi connectivity index (χ2n) is 8.81. The first-order chi connectivity index (χ1) is 18.2. The quantitative estimate of drug-likeness (QED) is 0.274. The van der Waals surface area contributed by atoms with Gasteiger partial charge in [0.05, 0.1) is 16.6 Å². The van der Waals surface area contributed by atoms with Crippen LogP contribution in [0.3, 0.4) is 0 Å². The number of anilines is 2. The number of carbonyl (C=O) groups excluding carboxylic acids is 3. The second kappa shape index (κ2) is 8.37. The summed E-state index contributed by atoms with van der Waals surface area (Å²) in [6, 6.07) is 11.4. The van der Waals surface area contributed by atoms with Gasteiger partial charge < -0.3 is 14.1 Å². The fraction of sp³-hybridized carbons (Fsp3) is 0.148. The van der Waals surface area contributed by atoms with E-state index in [1.807, 2.05) is 0 Å². The first kappa shape index (κ1) is 24.1. The summed E-state index contributed by atoms with van der Waals surface area (Å²) in [5.41, 5.74) is -1.19. The third kappa shape index (κ3) is 3.01. The van der Waals surface area contributed by atoms with Crippen molar-refractivity contribution in [2.45, 2.75) is 12.5 Å². The van der Waals surface area contributed by atoms with Crippen molar-refractivity contribution >= 4 is 62.5 Å². The molecule has 11 heteroatoms. The van der Waals surface area contributed by atoms with Crippen LogP contribution in [0.25, 0.3) is 11.0 Å². The number of carbonyl (C=O) groups is 3. The van der Waals surface area contributed by atoms with Crippen LogP contribution in [-0.4, -0.2) is 36.4 Å². The zero-order chi connectivity index (χ0) is 26.9. The molecular weight excluding hydrogens is 530 g/mol. The van der Waals surface area contributed by atoms with E-state index < -0.39 is 28.8 Å². The molecule has 190 valence electrons. The topological polar surface area (TPSA) is 110 Å². The summed E-state index contributed by atoms with van der Waals surface area (Å²) in [7, 11) is 1.57. The number of amides is 2. The van der Waals surface area contributed by atoms with Gasteiger partial charge in [0.25, 0.3) is 11.8 Å². The fourth-order valence-electron chi connectivity index (χ4n) is 5.11. The highest BCUT2D eigenvalue weighted by molar-refractivity contribution is 7.17. The molecule has 2 aliphatic rings. The van der Waals surface area contributed by atoms with Gasteiger partial charge in [0.2, 0.25) is 5.76 Å². The molecule has 1 unspecified atom stereocenters. The summed E-state index contributed by atoms with van der Waals surface area (Å²) in [6.07, 6.45) is 1.43. The Morgan fingerprint density at radius 3 is 2.76 bits per heavy atom. The molecule has 0 radical (unpaired) electrons. The van der Waals surface area contributed by atoms with Crippen LogP contribution in [0.15, 0.2) is 64.3 Å². The van der Waals surface area contributed by atoms with E-state index in [1.165, 1.54) is 23.1 Å². The van der Waals surface area contributed by atoms with Crippen LogP contribution < -0.4 is 15.2 Å². The van der Waals surface area contributed by atoms with Gasteiger partial charge in [0, 0.05) is 23.3 Å². The number of para-hydroxylation sites is 1. The smallest absolute Gasteiger partial charge is 0.350 e. The standard InChI is InChI=1S/C27H18ClN3O6S/c1-4-11-36-24(34)22-13(2)29-26(38-22)31-23(33)21-19(20(32)15-12-14(28)9-10-18(15)37-21)27(31)16-7-5-6-8-17(16)30(3)25(27)35/h4-10,12H,1,11H2,2-3H3. The van der Waals surface area contributed by atoms with Crippen LogP contribution in [0, 0.1) is 6.92 Å². The first-order valence-electron chi connectivity index (χ1n) is 11.5. The Bertz CT molecular complexity index is 1790. The van der Waals surface area contributed by atoms with E-state index in [0.717, 1.165) is 16.2 Å². The highest BCUT2D eigenvalue weighted by atomic mass is 35.5. The number of halogens is 1. The molecule has 1 atom stereocenters. The average Bonchev–Trinajstić information content (AvgIpc) is 3.49. The van der Waals surface area contributed by atoms with Crippen molar-refractivity contribution in [1.29, 1.82) is 0 Å². The second-order valence-corrected chi connectivity index (χ2v) is 10.2. The van der Waals surface area contributed by atoms with E-state index in [0.29, 0.717) is 22.0 Å². The molecule has 0 fully saturated rings. The first-order valence-corrected chi connectivity index (χ1v) is 12.7. The molecule has 2 amide bonds. The van der Waals surface area contributed by atoms with E-state index in [1.54, 1.807) is 44.3 Å². The van der Waals surface area contributed by atoms with Gasteiger partial charge in [-0.25, -0.2) is 9.78 Å². The number of nitrogens with zero attached hydrogens (tertiary/aromatic N) is 3. The van der Waals surface area contributed by atoms with Crippen molar-refractivity contribution in [1.82, 2.24) is 4.98 Å². The van der Waals surface area contributed by atoms with Crippen LogP contribution in [0.1, 0.15) is 37.0 Å². The van der Waals surface area contributed by atoms with Gasteiger partial charge in [-0.2, -0.15) is 0 Å².